The average molecular weight is 285 g/mol. The zero-order valence-corrected chi connectivity index (χ0v) is 11.0. The van der Waals surface area contributed by atoms with Crippen molar-refractivity contribution in [1.82, 2.24) is 9.97 Å². The number of hydrogen-bond donors (Lipinski definition) is 2. The summed E-state index contributed by atoms with van der Waals surface area (Å²) in [5, 5.41) is 2.68. The number of anilines is 1. The van der Waals surface area contributed by atoms with Gasteiger partial charge in [0.05, 0.1) is 17.4 Å². The van der Waals surface area contributed by atoms with Gasteiger partial charge in [-0.05, 0) is 30.3 Å². The quantitative estimate of drug-likeness (QED) is 0.774. The topological polar surface area (TPSA) is 67.0 Å². The maximum Gasteiger partial charge on any atom is 0.262 e. The molecule has 1 heterocycles. The molecule has 1 amide bonds. The van der Waals surface area contributed by atoms with Crippen molar-refractivity contribution in [2.75, 3.05) is 11.9 Å². The Bertz CT molecular complexity index is 785. The van der Waals surface area contributed by atoms with E-state index in [1.54, 1.807) is 36.7 Å². The van der Waals surface area contributed by atoms with Crippen LogP contribution < -0.4 is 10.1 Å². The number of hydrogen-bond acceptors (Lipinski definition) is 3. The van der Waals surface area contributed by atoms with E-state index < -0.39 is 5.82 Å². The van der Waals surface area contributed by atoms with E-state index in [0.717, 1.165) is 11.0 Å². The Morgan fingerprint density at radius 1 is 1.29 bits per heavy atom. The summed E-state index contributed by atoms with van der Waals surface area (Å²) in [4.78, 5) is 18.8. The van der Waals surface area contributed by atoms with Crippen molar-refractivity contribution in [3.63, 3.8) is 0 Å². The average Bonchev–Trinajstić information content (AvgIpc) is 2.94. The molecule has 0 bridgehead atoms. The smallest absolute Gasteiger partial charge is 0.262 e. The number of H-pyrrole nitrogens is 1. The van der Waals surface area contributed by atoms with Crippen LogP contribution in [0.3, 0.4) is 0 Å². The van der Waals surface area contributed by atoms with Gasteiger partial charge in [0, 0.05) is 5.69 Å². The van der Waals surface area contributed by atoms with E-state index in [0.29, 0.717) is 5.69 Å². The van der Waals surface area contributed by atoms with Gasteiger partial charge in [-0.25, -0.2) is 9.37 Å². The summed E-state index contributed by atoms with van der Waals surface area (Å²) in [6.45, 7) is -0.262. The predicted octanol–water partition coefficient (Wildman–Crippen LogP) is 2.72. The Hall–Kier alpha value is -2.89. The molecule has 0 saturated carbocycles. The van der Waals surface area contributed by atoms with Gasteiger partial charge in [-0.2, -0.15) is 0 Å². The fourth-order valence-corrected chi connectivity index (χ4v) is 1.92. The van der Waals surface area contributed by atoms with Crippen molar-refractivity contribution < 1.29 is 13.9 Å². The van der Waals surface area contributed by atoms with E-state index >= 15 is 0 Å². The lowest BCUT2D eigenvalue weighted by molar-refractivity contribution is -0.118. The first kappa shape index (κ1) is 13.1. The van der Waals surface area contributed by atoms with Gasteiger partial charge in [0.2, 0.25) is 0 Å². The van der Waals surface area contributed by atoms with Crippen LogP contribution in [0.5, 0.6) is 5.75 Å². The summed E-state index contributed by atoms with van der Waals surface area (Å²) in [6.07, 6.45) is 1.58. The molecule has 0 radical (unpaired) electrons. The van der Waals surface area contributed by atoms with E-state index in [9.17, 15) is 9.18 Å². The molecule has 0 unspecified atom stereocenters. The Kier molecular flexibility index (Phi) is 3.51. The number of aromatic amines is 1. The van der Waals surface area contributed by atoms with Gasteiger partial charge in [-0.1, -0.05) is 12.1 Å². The van der Waals surface area contributed by atoms with E-state index in [1.165, 1.54) is 12.1 Å². The number of aromatic nitrogens is 2. The molecule has 106 valence electrons. The Morgan fingerprint density at radius 2 is 2.14 bits per heavy atom. The normalized spacial score (nSPS) is 10.5. The number of carbonyl (C=O) groups is 1. The van der Waals surface area contributed by atoms with Crippen LogP contribution in [0.15, 0.2) is 48.8 Å². The second kappa shape index (κ2) is 5.62. The number of imidazole rings is 1. The third-order valence-corrected chi connectivity index (χ3v) is 2.90. The summed E-state index contributed by atoms with van der Waals surface area (Å²) in [5.74, 6) is -0.807. The highest BCUT2D eigenvalue weighted by molar-refractivity contribution is 5.93. The Labute approximate surface area is 119 Å². The molecular formula is C15H12FN3O2. The number of ether oxygens (including phenoxy) is 1. The van der Waals surface area contributed by atoms with Crippen LogP contribution in [0, 0.1) is 5.82 Å². The van der Waals surface area contributed by atoms with Crippen molar-refractivity contribution in [1.29, 1.82) is 0 Å². The molecular weight excluding hydrogens is 273 g/mol. The standard InChI is InChI=1S/C15H12FN3O2/c16-11-3-1-2-4-14(11)21-8-15(20)19-10-5-6-12-13(7-10)18-9-17-12/h1-7,9H,8H2,(H,17,18)(H,19,20). The molecule has 1 aromatic heterocycles. The number of benzene rings is 2. The SMILES string of the molecule is O=C(COc1ccccc1F)Nc1ccc2nc[nH]c2c1. The Balaban J connectivity index is 1.62. The summed E-state index contributed by atoms with van der Waals surface area (Å²) in [5.41, 5.74) is 2.26. The minimum absolute atomic E-state index is 0.0525. The number of carbonyl (C=O) groups excluding carboxylic acids is 1. The monoisotopic (exact) mass is 285 g/mol. The molecule has 3 aromatic rings. The first-order chi connectivity index (χ1) is 10.2. The summed E-state index contributed by atoms with van der Waals surface area (Å²) in [7, 11) is 0. The highest BCUT2D eigenvalue weighted by Gasteiger charge is 2.07. The highest BCUT2D eigenvalue weighted by Crippen LogP contribution is 2.17. The number of halogens is 1. The molecule has 0 fully saturated rings. The lowest BCUT2D eigenvalue weighted by Crippen LogP contribution is -2.20. The number of nitrogens with one attached hydrogen (secondary N) is 2. The molecule has 0 atom stereocenters. The van der Waals surface area contributed by atoms with Crippen LogP contribution in [-0.2, 0) is 4.79 Å². The fourth-order valence-electron chi connectivity index (χ4n) is 1.92. The van der Waals surface area contributed by atoms with Crippen LogP contribution in [0.4, 0.5) is 10.1 Å². The van der Waals surface area contributed by atoms with Crippen LogP contribution in [0.25, 0.3) is 11.0 Å². The molecule has 5 nitrogen and oxygen atoms in total. The zero-order valence-electron chi connectivity index (χ0n) is 11.0. The first-order valence-corrected chi connectivity index (χ1v) is 6.33. The molecule has 0 saturated heterocycles. The molecule has 6 heteroatoms. The zero-order chi connectivity index (χ0) is 14.7. The maximum absolute atomic E-state index is 13.3. The molecule has 3 rings (SSSR count). The van der Waals surface area contributed by atoms with Crippen LogP contribution in [-0.4, -0.2) is 22.5 Å². The number of rotatable bonds is 4. The second-order valence-electron chi connectivity index (χ2n) is 4.40. The van der Waals surface area contributed by atoms with Crippen molar-refractivity contribution in [3.05, 3.63) is 54.6 Å². The summed E-state index contributed by atoms with van der Waals surface area (Å²) in [6, 6.07) is 11.2. The van der Waals surface area contributed by atoms with Gasteiger partial charge in [-0.15, -0.1) is 0 Å². The van der Waals surface area contributed by atoms with Gasteiger partial charge in [0.1, 0.15) is 0 Å². The summed E-state index contributed by atoms with van der Waals surface area (Å²) >= 11 is 0. The first-order valence-electron chi connectivity index (χ1n) is 6.33. The molecule has 21 heavy (non-hydrogen) atoms. The number of amides is 1. The van der Waals surface area contributed by atoms with E-state index in [1.807, 2.05) is 0 Å². The lowest BCUT2D eigenvalue weighted by atomic mass is 10.3. The third-order valence-electron chi connectivity index (χ3n) is 2.90. The lowest BCUT2D eigenvalue weighted by Gasteiger charge is -2.08. The molecule has 2 N–H and O–H groups in total. The molecule has 2 aromatic carbocycles. The minimum atomic E-state index is -0.496. The van der Waals surface area contributed by atoms with Gasteiger partial charge >= 0.3 is 0 Å². The van der Waals surface area contributed by atoms with Crippen molar-refractivity contribution in [2.24, 2.45) is 0 Å². The van der Waals surface area contributed by atoms with E-state index in [-0.39, 0.29) is 18.3 Å². The van der Waals surface area contributed by atoms with Gasteiger partial charge in [0.15, 0.2) is 18.2 Å². The molecule has 0 aliphatic rings. The van der Waals surface area contributed by atoms with Crippen LogP contribution >= 0.6 is 0 Å². The molecule has 0 aliphatic carbocycles. The van der Waals surface area contributed by atoms with Crippen molar-refractivity contribution >= 4 is 22.6 Å². The fraction of sp³-hybridized carbons (Fsp3) is 0.0667. The number of para-hydroxylation sites is 1. The predicted molar refractivity (Wildman–Crippen MR) is 76.6 cm³/mol. The number of fused-ring (bicyclic) bond motifs is 1. The van der Waals surface area contributed by atoms with Gasteiger partial charge < -0.3 is 15.0 Å². The van der Waals surface area contributed by atoms with E-state index in [2.05, 4.69) is 15.3 Å². The largest absolute Gasteiger partial charge is 0.481 e. The second-order valence-corrected chi connectivity index (χ2v) is 4.40. The van der Waals surface area contributed by atoms with Crippen LogP contribution in [0.1, 0.15) is 0 Å². The van der Waals surface area contributed by atoms with E-state index in [4.69, 9.17) is 4.74 Å². The maximum atomic E-state index is 13.3. The van der Waals surface area contributed by atoms with Crippen LogP contribution in [0.2, 0.25) is 0 Å². The number of nitrogens with zero attached hydrogens (tertiary/aromatic N) is 1. The Morgan fingerprint density at radius 3 is 3.00 bits per heavy atom. The third kappa shape index (κ3) is 3.00. The summed E-state index contributed by atoms with van der Waals surface area (Å²) < 4.78 is 18.5. The molecule has 0 aliphatic heterocycles. The van der Waals surface area contributed by atoms with Crippen molar-refractivity contribution in [3.8, 4) is 5.75 Å². The minimum Gasteiger partial charge on any atom is -0.481 e. The van der Waals surface area contributed by atoms with Gasteiger partial charge in [-0.3, -0.25) is 4.79 Å². The highest BCUT2D eigenvalue weighted by atomic mass is 19.1. The molecule has 0 spiro atoms. The van der Waals surface area contributed by atoms with Crippen molar-refractivity contribution in [2.45, 2.75) is 0 Å². The van der Waals surface area contributed by atoms with Gasteiger partial charge in [0.25, 0.3) is 5.91 Å².